The number of para-hydroxylation sites is 4. The standard InChI is InChI=1S/C30H25N7/c1-3-15-27(25(13-1)34-21-23-11-5-8-18-31-23)36-30(29-17-7-10-20-33-29)37-28-16-4-2-14-26(28)35-22-24-12-6-9-19-32-24/h1-22,30,36-37H. The Morgan fingerprint density at radius 2 is 0.973 bits per heavy atom. The maximum Gasteiger partial charge on any atom is 0.141 e. The molecule has 5 rings (SSSR count). The van der Waals surface area contributed by atoms with Gasteiger partial charge in [-0.2, -0.15) is 0 Å². The van der Waals surface area contributed by atoms with Crippen LogP contribution < -0.4 is 10.6 Å². The number of hydrogen-bond donors (Lipinski definition) is 2. The van der Waals surface area contributed by atoms with Crippen molar-refractivity contribution < 1.29 is 0 Å². The van der Waals surface area contributed by atoms with E-state index in [0.717, 1.165) is 39.8 Å². The first-order valence-corrected chi connectivity index (χ1v) is 11.9. The van der Waals surface area contributed by atoms with E-state index in [4.69, 9.17) is 0 Å². The molecule has 0 saturated heterocycles. The first-order valence-electron chi connectivity index (χ1n) is 11.9. The molecular weight excluding hydrogens is 458 g/mol. The zero-order valence-corrected chi connectivity index (χ0v) is 20.0. The lowest BCUT2D eigenvalue weighted by atomic mass is 10.2. The summed E-state index contributed by atoms with van der Waals surface area (Å²) in [6.45, 7) is 0. The lowest BCUT2D eigenvalue weighted by Crippen LogP contribution is -2.21. The van der Waals surface area contributed by atoms with E-state index < -0.39 is 0 Å². The van der Waals surface area contributed by atoms with Crippen LogP contribution >= 0.6 is 0 Å². The van der Waals surface area contributed by atoms with E-state index in [1.165, 1.54) is 0 Å². The van der Waals surface area contributed by atoms with Gasteiger partial charge in [-0.05, 0) is 60.7 Å². The Balaban J connectivity index is 1.44. The molecule has 5 aromatic rings. The van der Waals surface area contributed by atoms with Crippen molar-refractivity contribution in [1.82, 2.24) is 15.0 Å². The van der Waals surface area contributed by atoms with Crippen LogP contribution in [0.25, 0.3) is 0 Å². The largest absolute Gasteiger partial charge is 0.359 e. The van der Waals surface area contributed by atoms with E-state index in [-0.39, 0.29) is 6.17 Å². The fourth-order valence-corrected chi connectivity index (χ4v) is 3.63. The van der Waals surface area contributed by atoms with E-state index >= 15 is 0 Å². The van der Waals surface area contributed by atoms with Crippen molar-refractivity contribution >= 4 is 35.2 Å². The molecule has 0 aliphatic heterocycles. The molecule has 3 aromatic heterocycles. The lowest BCUT2D eigenvalue weighted by molar-refractivity contribution is 0.856. The molecule has 0 bridgehead atoms. The summed E-state index contributed by atoms with van der Waals surface area (Å²) in [5, 5.41) is 7.16. The Bertz CT molecular complexity index is 1380. The second-order valence-corrected chi connectivity index (χ2v) is 8.04. The molecule has 2 aromatic carbocycles. The van der Waals surface area contributed by atoms with Crippen molar-refractivity contribution in [3.63, 3.8) is 0 Å². The number of anilines is 2. The van der Waals surface area contributed by atoms with Crippen molar-refractivity contribution in [2.75, 3.05) is 10.6 Å². The molecule has 0 aliphatic rings. The van der Waals surface area contributed by atoms with Gasteiger partial charge in [-0.25, -0.2) is 0 Å². The lowest BCUT2D eigenvalue weighted by Gasteiger charge is -2.23. The number of rotatable bonds is 9. The van der Waals surface area contributed by atoms with Crippen molar-refractivity contribution in [1.29, 1.82) is 0 Å². The van der Waals surface area contributed by atoms with Gasteiger partial charge in [-0.3, -0.25) is 24.9 Å². The molecule has 7 heteroatoms. The van der Waals surface area contributed by atoms with Crippen LogP contribution in [-0.4, -0.2) is 27.4 Å². The number of hydrogen-bond acceptors (Lipinski definition) is 7. The maximum atomic E-state index is 4.68. The molecule has 0 fully saturated rings. The minimum atomic E-state index is -0.349. The third-order valence-corrected chi connectivity index (χ3v) is 5.44. The monoisotopic (exact) mass is 483 g/mol. The molecule has 0 saturated carbocycles. The summed E-state index contributed by atoms with van der Waals surface area (Å²) in [4.78, 5) is 22.6. The number of aliphatic imine (C=N–C) groups is 2. The second-order valence-electron chi connectivity index (χ2n) is 8.04. The number of pyridine rings is 3. The van der Waals surface area contributed by atoms with Crippen molar-refractivity contribution in [2.24, 2.45) is 9.98 Å². The average molecular weight is 484 g/mol. The predicted octanol–water partition coefficient (Wildman–Crippen LogP) is 6.60. The summed E-state index contributed by atoms with van der Waals surface area (Å²) in [6, 6.07) is 33.1. The summed E-state index contributed by atoms with van der Waals surface area (Å²) in [6.07, 6.45) is 8.44. The van der Waals surface area contributed by atoms with Gasteiger partial charge in [0.1, 0.15) is 6.17 Å². The van der Waals surface area contributed by atoms with Gasteiger partial charge in [-0.1, -0.05) is 42.5 Å². The zero-order valence-electron chi connectivity index (χ0n) is 20.0. The highest BCUT2D eigenvalue weighted by atomic mass is 15.2. The third-order valence-electron chi connectivity index (χ3n) is 5.44. The number of nitrogens with one attached hydrogen (secondary N) is 2. The predicted molar refractivity (Wildman–Crippen MR) is 150 cm³/mol. The van der Waals surface area contributed by atoms with Crippen molar-refractivity contribution in [3.8, 4) is 0 Å². The van der Waals surface area contributed by atoms with Gasteiger partial charge in [0.25, 0.3) is 0 Å². The van der Waals surface area contributed by atoms with Gasteiger partial charge < -0.3 is 10.6 Å². The summed E-state index contributed by atoms with van der Waals surface area (Å²) in [5.41, 5.74) is 5.69. The number of nitrogens with zero attached hydrogens (tertiary/aromatic N) is 5. The molecule has 0 radical (unpaired) electrons. The number of aromatic nitrogens is 3. The van der Waals surface area contributed by atoms with Gasteiger partial charge >= 0.3 is 0 Å². The van der Waals surface area contributed by atoms with Gasteiger partial charge in [0.2, 0.25) is 0 Å². The molecule has 0 aliphatic carbocycles. The Labute approximate surface area is 215 Å². The van der Waals surface area contributed by atoms with E-state index in [9.17, 15) is 0 Å². The molecule has 37 heavy (non-hydrogen) atoms. The SMILES string of the molecule is C(=Nc1ccccc1NC(Nc1ccccc1N=Cc1ccccn1)c1ccccn1)c1ccccn1. The van der Waals surface area contributed by atoms with Gasteiger partial charge in [0.05, 0.1) is 52.3 Å². The topological polar surface area (TPSA) is 87.5 Å². The Hall–Kier alpha value is -5.17. The highest BCUT2D eigenvalue weighted by Gasteiger charge is 2.16. The highest BCUT2D eigenvalue weighted by Crippen LogP contribution is 2.32. The fraction of sp³-hybridized carbons (Fsp3) is 0.0333. The summed E-state index contributed by atoms with van der Waals surface area (Å²) in [5.74, 6) is 0. The molecule has 0 atom stereocenters. The first kappa shape index (κ1) is 23.6. The van der Waals surface area contributed by atoms with E-state index in [1.807, 2.05) is 103 Å². The molecule has 7 nitrogen and oxygen atoms in total. The second kappa shape index (κ2) is 12.0. The third kappa shape index (κ3) is 6.49. The first-order chi connectivity index (χ1) is 18.3. The molecule has 0 amide bonds. The molecular formula is C30H25N7. The summed E-state index contributed by atoms with van der Waals surface area (Å²) in [7, 11) is 0. The maximum absolute atomic E-state index is 4.68. The molecule has 3 heterocycles. The summed E-state index contributed by atoms with van der Waals surface area (Å²) >= 11 is 0. The van der Waals surface area contributed by atoms with Gasteiger partial charge in [0.15, 0.2) is 0 Å². The average Bonchev–Trinajstić information content (AvgIpc) is 2.97. The van der Waals surface area contributed by atoms with Crippen LogP contribution in [0.3, 0.4) is 0 Å². The van der Waals surface area contributed by atoms with Crippen LogP contribution in [0.5, 0.6) is 0 Å². The van der Waals surface area contributed by atoms with Crippen LogP contribution in [0, 0.1) is 0 Å². The van der Waals surface area contributed by atoms with E-state index in [1.54, 1.807) is 31.0 Å². The van der Waals surface area contributed by atoms with Crippen LogP contribution in [0.1, 0.15) is 23.2 Å². The van der Waals surface area contributed by atoms with Crippen LogP contribution in [-0.2, 0) is 0 Å². The van der Waals surface area contributed by atoms with Crippen molar-refractivity contribution in [2.45, 2.75) is 6.17 Å². The Kier molecular flexibility index (Phi) is 7.64. The normalized spacial score (nSPS) is 12.0. The Morgan fingerprint density at radius 1 is 0.514 bits per heavy atom. The van der Waals surface area contributed by atoms with Crippen molar-refractivity contribution in [3.05, 3.63) is 139 Å². The zero-order chi connectivity index (χ0) is 25.1. The molecule has 0 unspecified atom stereocenters. The highest BCUT2D eigenvalue weighted by molar-refractivity contribution is 5.83. The minimum Gasteiger partial charge on any atom is -0.359 e. The Morgan fingerprint density at radius 3 is 1.43 bits per heavy atom. The van der Waals surface area contributed by atoms with Crippen LogP contribution in [0.4, 0.5) is 22.7 Å². The van der Waals surface area contributed by atoms with Crippen LogP contribution in [0.15, 0.2) is 132 Å². The van der Waals surface area contributed by atoms with Crippen LogP contribution in [0.2, 0.25) is 0 Å². The van der Waals surface area contributed by atoms with E-state index in [2.05, 4.69) is 35.6 Å². The molecule has 2 N–H and O–H groups in total. The number of benzene rings is 2. The minimum absolute atomic E-state index is 0.349. The quantitative estimate of drug-likeness (QED) is 0.182. The van der Waals surface area contributed by atoms with Gasteiger partial charge in [0, 0.05) is 18.6 Å². The molecule has 180 valence electrons. The molecule has 0 spiro atoms. The summed E-state index contributed by atoms with van der Waals surface area (Å²) < 4.78 is 0. The van der Waals surface area contributed by atoms with Gasteiger partial charge in [-0.15, -0.1) is 0 Å². The smallest absolute Gasteiger partial charge is 0.141 e. The van der Waals surface area contributed by atoms with E-state index in [0.29, 0.717) is 0 Å². The fourth-order valence-electron chi connectivity index (χ4n) is 3.63.